The van der Waals surface area contributed by atoms with Gasteiger partial charge in [-0.25, -0.2) is 4.98 Å². The summed E-state index contributed by atoms with van der Waals surface area (Å²) in [7, 11) is 0. The van der Waals surface area contributed by atoms with Crippen LogP contribution in [0.4, 0.5) is 0 Å². The molecule has 37 heavy (non-hydrogen) atoms. The van der Waals surface area contributed by atoms with Crippen molar-refractivity contribution in [2.75, 3.05) is 6.79 Å². The second-order valence-electron chi connectivity index (χ2n) is 8.63. The maximum atomic E-state index is 12.6. The summed E-state index contributed by atoms with van der Waals surface area (Å²) in [6, 6.07) is 14.7. The molecule has 0 aliphatic carbocycles. The lowest BCUT2D eigenvalue weighted by Crippen LogP contribution is -2.33. The summed E-state index contributed by atoms with van der Waals surface area (Å²) >= 11 is 0. The molecular formula is C27H27N5O5. The number of nitrogens with one attached hydrogen (secondary N) is 3. The Morgan fingerprint density at radius 1 is 1.00 bits per heavy atom. The van der Waals surface area contributed by atoms with Crippen molar-refractivity contribution in [3.63, 3.8) is 0 Å². The summed E-state index contributed by atoms with van der Waals surface area (Å²) in [4.78, 5) is 29.4. The Bertz CT molecular complexity index is 1420. The highest BCUT2D eigenvalue weighted by Gasteiger charge is 2.18. The Labute approximate surface area is 213 Å². The number of fused-ring (bicyclic) bond motifs is 1. The van der Waals surface area contributed by atoms with Crippen LogP contribution in [0.15, 0.2) is 59.1 Å². The van der Waals surface area contributed by atoms with E-state index >= 15 is 0 Å². The number of benzene rings is 2. The maximum absolute atomic E-state index is 12.6. The van der Waals surface area contributed by atoms with Gasteiger partial charge in [-0.05, 0) is 48.7 Å². The minimum absolute atomic E-state index is 0.0984. The third-order valence-electron chi connectivity index (χ3n) is 6.17. The molecule has 2 amide bonds. The topological polar surface area (TPSA) is 131 Å². The molecule has 0 saturated carbocycles. The van der Waals surface area contributed by atoms with Crippen molar-refractivity contribution < 1.29 is 23.5 Å². The van der Waals surface area contributed by atoms with Crippen LogP contribution in [0.25, 0.3) is 22.7 Å². The number of amides is 2. The number of H-pyrrole nitrogens is 1. The van der Waals surface area contributed by atoms with Crippen molar-refractivity contribution in [3.8, 4) is 34.2 Å². The summed E-state index contributed by atoms with van der Waals surface area (Å²) in [5.74, 6) is 1.18. The first-order valence-corrected chi connectivity index (χ1v) is 12.1. The standard InChI is InChI=1S/C27H27N5O5/c1-3-19(4-2)30-25(33)21-12-20(31-32-21)17-6-5-7-18(11-17)27-29-14-24(37-27)26(34)28-13-16-8-9-22-23(10-16)36-15-35-22/h5-12,14,19H,3-4,13,15H2,1-2H3,(H,28,34)(H,30,33)(H,31,32). The molecule has 2 aromatic heterocycles. The van der Waals surface area contributed by atoms with Crippen LogP contribution in [0.1, 0.15) is 53.3 Å². The van der Waals surface area contributed by atoms with E-state index in [0.717, 1.165) is 24.0 Å². The van der Waals surface area contributed by atoms with Gasteiger partial charge in [-0.1, -0.05) is 32.0 Å². The smallest absolute Gasteiger partial charge is 0.288 e. The summed E-state index contributed by atoms with van der Waals surface area (Å²) < 4.78 is 16.4. The minimum atomic E-state index is -0.381. The molecule has 0 radical (unpaired) electrons. The number of aromatic nitrogens is 3. The summed E-state index contributed by atoms with van der Waals surface area (Å²) in [5.41, 5.74) is 3.34. The Morgan fingerprint density at radius 3 is 2.65 bits per heavy atom. The zero-order chi connectivity index (χ0) is 25.8. The van der Waals surface area contributed by atoms with E-state index in [2.05, 4.69) is 25.8 Å². The van der Waals surface area contributed by atoms with Crippen molar-refractivity contribution in [1.29, 1.82) is 0 Å². The lowest BCUT2D eigenvalue weighted by atomic mass is 10.1. The molecule has 0 spiro atoms. The van der Waals surface area contributed by atoms with Crippen LogP contribution in [-0.2, 0) is 6.54 Å². The van der Waals surface area contributed by atoms with Crippen LogP contribution in [-0.4, -0.2) is 39.8 Å². The van der Waals surface area contributed by atoms with Gasteiger partial charge in [-0.3, -0.25) is 14.7 Å². The second-order valence-corrected chi connectivity index (χ2v) is 8.63. The molecule has 4 aromatic rings. The first-order valence-electron chi connectivity index (χ1n) is 12.1. The first kappa shape index (κ1) is 24.1. The zero-order valence-electron chi connectivity index (χ0n) is 20.5. The maximum Gasteiger partial charge on any atom is 0.288 e. The van der Waals surface area contributed by atoms with Gasteiger partial charge in [0.2, 0.25) is 18.4 Å². The fraction of sp³-hybridized carbons (Fsp3) is 0.259. The number of carbonyl (C=O) groups is 2. The molecule has 0 atom stereocenters. The first-order chi connectivity index (χ1) is 18.0. The Balaban J connectivity index is 1.25. The van der Waals surface area contributed by atoms with E-state index < -0.39 is 0 Å². The number of rotatable bonds is 9. The SMILES string of the molecule is CCC(CC)NC(=O)c1cc(-c2cccc(-c3ncc(C(=O)NCc4ccc5c(c4)OCO5)o3)c2)n[nH]1. The number of aromatic amines is 1. The van der Waals surface area contributed by atoms with E-state index in [9.17, 15) is 9.59 Å². The molecule has 5 rings (SSSR count). The van der Waals surface area contributed by atoms with Crippen LogP contribution >= 0.6 is 0 Å². The van der Waals surface area contributed by atoms with Crippen LogP contribution in [0, 0.1) is 0 Å². The summed E-state index contributed by atoms with van der Waals surface area (Å²) in [5, 5.41) is 12.9. The quantitative estimate of drug-likeness (QED) is 0.311. The fourth-order valence-corrected chi connectivity index (χ4v) is 3.99. The third-order valence-corrected chi connectivity index (χ3v) is 6.17. The molecule has 1 aliphatic rings. The van der Waals surface area contributed by atoms with Gasteiger partial charge in [-0.15, -0.1) is 0 Å². The van der Waals surface area contributed by atoms with Gasteiger partial charge < -0.3 is 24.5 Å². The number of carbonyl (C=O) groups excluding carboxylic acids is 2. The predicted molar refractivity (Wildman–Crippen MR) is 135 cm³/mol. The van der Waals surface area contributed by atoms with Crippen LogP contribution < -0.4 is 20.1 Å². The Morgan fingerprint density at radius 2 is 1.81 bits per heavy atom. The number of oxazole rings is 1. The van der Waals surface area contributed by atoms with Gasteiger partial charge in [0.15, 0.2) is 11.5 Å². The van der Waals surface area contributed by atoms with Crippen molar-refractivity contribution in [1.82, 2.24) is 25.8 Å². The summed E-state index contributed by atoms with van der Waals surface area (Å²) in [6.07, 6.45) is 3.12. The molecular weight excluding hydrogens is 474 g/mol. The molecule has 0 unspecified atom stereocenters. The lowest BCUT2D eigenvalue weighted by Gasteiger charge is -2.13. The van der Waals surface area contributed by atoms with Gasteiger partial charge >= 0.3 is 0 Å². The van der Waals surface area contributed by atoms with Gasteiger partial charge in [0.25, 0.3) is 11.8 Å². The van der Waals surface area contributed by atoms with Crippen molar-refractivity contribution in [2.45, 2.75) is 39.3 Å². The number of hydrogen-bond acceptors (Lipinski definition) is 7. The molecule has 190 valence electrons. The molecule has 0 fully saturated rings. The molecule has 2 aromatic carbocycles. The predicted octanol–water partition coefficient (Wildman–Crippen LogP) is 4.31. The van der Waals surface area contributed by atoms with E-state index in [0.29, 0.717) is 40.9 Å². The van der Waals surface area contributed by atoms with Crippen molar-refractivity contribution in [3.05, 3.63) is 71.7 Å². The highest BCUT2D eigenvalue weighted by Crippen LogP contribution is 2.32. The lowest BCUT2D eigenvalue weighted by molar-refractivity contribution is 0.0918. The van der Waals surface area contributed by atoms with Crippen molar-refractivity contribution in [2.24, 2.45) is 0 Å². The van der Waals surface area contributed by atoms with Gasteiger partial charge in [0.05, 0.1) is 11.9 Å². The molecule has 3 N–H and O–H groups in total. The second kappa shape index (κ2) is 10.6. The number of hydrogen-bond donors (Lipinski definition) is 3. The van der Waals surface area contributed by atoms with E-state index in [1.165, 1.54) is 6.20 Å². The largest absolute Gasteiger partial charge is 0.454 e. The van der Waals surface area contributed by atoms with Gasteiger partial charge in [0.1, 0.15) is 5.69 Å². The van der Waals surface area contributed by atoms with E-state index in [-0.39, 0.29) is 30.4 Å². The van der Waals surface area contributed by atoms with E-state index in [1.807, 2.05) is 56.3 Å². The normalized spacial score (nSPS) is 12.1. The highest BCUT2D eigenvalue weighted by atomic mass is 16.7. The highest BCUT2D eigenvalue weighted by molar-refractivity contribution is 5.93. The van der Waals surface area contributed by atoms with Crippen LogP contribution in [0.5, 0.6) is 11.5 Å². The van der Waals surface area contributed by atoms with Gasteiger partial charge in [-0.2, -0.15) is 5.10 Å². The van der Waals surface area contributed by atoms with Crippen molar-refractivity contribution >= 4 is 11.8 Å². The molecule has 10 heteroatoms. The molecule has 0 saturated heterocycles. The van der Waals surface area contributed by atoms with Gasteiger partial charge in [0, 0.05) is 23.7 Å². The summed E-state index contributed by atoms with van der Waals surface area (Å²) in [6.45, 7) is 4.57. The molecule has 0 bridgehead atoms. The molecule has 10 nitrogen and oxygen atoms in total. The Kier molecular flexibility index (Phi) is 6.89. The minimum Gasteiger partial charge on any atom is -0.454 e. The van der Waals surface area contributed by atoms with E-state index in [4.69, 9.17) is 13.9 Å². The van der Waals surface area contributed by atoms with E-state index in [1.54, 1.807) is 6.07 Å². The Hall–Kier alpha value is -4.60. The van der Waals surface area contributed by atoms with Crippen LogP contribution in [0.3, 0.4) is 0 Å². The number of nitrogens with zero attached hydrogens (tertiary/aromatic N) is 2. The molecule has 1 aliphatic heterocycles. The zero-order valence-corrected chi connectivity index (χ0v) is 20.5. The average molecular weight is 502 g/mol. The van der Waals surface area contributed by atoms with Crippen LogP contribution in [0.2, 0.25) is 0 Å². The average Bonchev–Trinajstić information content (AvgIpc) is 3.71. The molecule has 3 heterocycles. The monoisotopic (exact) mass is 501 g/mol. The fourth-order valence-electron chi connectivity index (χ4n) is 3.99. The third kappa shape index (κ3) is 5.32. The number of ether oxygens (including phenoxy) is 2.